The van der Waals surface area contributed by atoms with Crippen molar-refractivity contribution in [2.75, 3.05) is 19.7 Å². The van der Waals surface area contributed by atoms with Gasteiger partial charge in [0.25, 0.3) is 5.91 Å². The van der Waals surface area contributed by atoms with Crippen molar-refractivity contribution in [3.8, 4) is 0 Å². The van der Waals surface area contributed by atoms with E-state index in [0.717, 1.165) is 37.1 Å². The lowest BCUT2D eigenvalue weighted by molar-refractivity contribution is -0.0503. The molecule has 1 aromatic carbocycles. The van der Waals surface area contributed by atoms with Gasteiger partial charge in [-0.15, -0.1) is 0 Å². The zero-order chi connectivity index (χ0) is 20.8. The van der Waals surface area contributed by atoms with Crippen LogP contribution in [0.25, 0.3) is 0 Å². The van der Waals surface area contributed by atoms with E-state index in [0.29, 0.717) is 17.6 Å². The highest BCUT2D eigenvalue weighted by molar-refractivity contribution is 7.89. The van der Waals surface area contributed by atoms with Crippen LogP contribution in [0.5, 0.6) is 0 Å². The summed E-state index contributed by atoms with van der Waals surface area (Å²) in [5, 5.41) is 3.16. The minimum absolute atomic E-state index is 0.0468. The van der Waals surface area contributed by atoms with Gasteiger partial charge in [0.15, 0.2) is 0 Å². The average molecular weight is 433 g/mol. The zero-order valence-electron chi connectivity index (χ0n) is 17.4. The predicted molar refractivity (Wildman–Crippen MR) is 114 cm³/mol. The third-order valence-corrected chi connectivity index (χ3v) is 9.18. The van der Waals surface area contributed by atoms with Crippen LogP contribution in [-0.4, -0.2) is 40.1 Å². The fourth-order valence-electron chi connectivity index (χ4n) is 6.75. The highest BCUT2D eigenvalue weighted by atomic mass is 32.2. The summed E-state index contributed by atoms with van der Waals surface area (Å²) >= 11 is 0. The van der Waals surface area contributed by atoms with E-state index in [1.54, 1.807) is 12.1 Å². The Morgan fingerprint density at radius 2 is 1.67 bits per heavy atom. The SMILES string of the molecule is O=C(NCC12CC3CC(CC(C3)C1)C2)c1ccc(S(=O)(=O)NC[C@@H]2CCCO2)cc1. The molecule has 1 heterocycles. The monoisotopic (exact) mass is 432 g/mol. The zero-order valence-corrected chi connectivity index (χ0v) is 18.3. The van der Waals surface area contributed by atoms with Gasteiger partial charge in [-0.3, -0.25) is 4.79 Å². The Morgan fingerprint density at radius 3 is 2.23 bits per heavy atom. The number of rotatable bonds is 7. The molecule has 2 N–H and O–H groups in total. The number of hydrogen-bond donors (Lipinski definition) is 2. The number of carbonyl (C=O) groups excluding carboxylic acids is 1. The van der Waals surface area contributed by atoms with E-state index in [2.05, 4.69) is 10.0 Å². The topological polar surface area (TPSA) is 84.5 Å². The third kappa shape index (κ3) is 4.16. The average Bonchev–Trinajstić information content (AvgIpc) is 3.24. The molecule has 1 saturated heterocycles. The summed E-state index contributed by atoms with van der Waals surface area (Å²) in [6, 6.07) is 6.24. The molecule has 5 fully saturated rings. The number of hydrogen-bond acceptors (Lipinski definition) is 4. The fraction of sp³-hybridized carbons (Fsp3) is 0.696. The van der Waals surface area contributed by atoms with Crippen molar-refractivity contribution in [2.45, 2.75) is 62.4 Å². The minimum Gasteiger partial charge on any atom is -0.377 e. The second-order valence-corrected chi connectivity index (χ2v) is 11.9. The highest BCUT2D eigenvalue weighted by Crippen LogP contribution is 2.59. The molecule has 30 heavy (non-hydrogen) atoms. The van der Waals surface area contributed by atoms with E-state index in [1.807, 2.05) is 0 Å². The van der Waals surface area contributed by atoms with Gasteiger partial charge in [-0.25, -0.2) is 13.1 Å². The van der Waals surface area contributed by atoms with E-state index in [1.165, 1.54) is 50.7 Å². The molecule has 0 unspecified atom stereocenters. The number of amides is 1. The predicted octanol–water partition coefficient (Wildman–Crippen LogP) is 3.09. The van der Waals surface area contributed by atoms with E-state index >= 15 is 0 Å². The molecule has 0 spiro atoms. The Kier molecular flexibility index (Phi) is 5.40. The molecule has 5 aliphatic rings. The number of carbonyl (C=O) groups is 1. The largest absolute Gasteiger partial charge is 0.377 e. The summed E-state index contributed by atoms with van der Waals surface area (Å²) in [6.07, 6.45) is 9.75. The van der Waals surface area contributed by atoms with Crippen LogP contribution < -0.4 is 10.0 Å². The van der Waals surface area contributed by atoms with Gasteiger partial charge < -0.3 is 10.1 Å². The van der Waals surface area contributed by atoms with Gasteiger partial charge in [-0.1, -0.05) is 0 Å². The van der Waals surface area contributed by atoms with Crippen molar-refractivity contribution in [2.24, 2.45) is 23.2 Å². The van der Waals surface area contributed by atoms with Crippen LogP contribution in [0.1, 0.15) is 61.7 Å². The van der Waals surface area contributed by atoms with Gasteiger partial charge in [0.1, 0.15) is 0 Å². The van der Waals surface area contributed by atoms with Crippen molar-refractivity contribution < 1.29 is 17.9 Å². The molecule has 1 atom stereocenters. The molecule has 6 rings (SSSR count). The summed E-state index contributed by atoms with van der Waals surface area (Å²) in [4.78, 5) is 12.9. The second-order valence-electron chi connectivity index (χ2n) is 10.1. The molecule has 4 aliphatic carbocycles. The Morgan fingerprint density at radius 1 is 1.03 bits per heavy atom. The number of nitrogens with one attached hydrogen (secondary N) is 2. The number of sulfonamides is 1. The fourth-order valence-corrected chi connectivity index (χ4v) is 7.82. The van der Waals surface area contributed by atoms with Gasteiger partial charge in [-0.05, 0) is 98.8 Å². The summed E-state index contributed by atoms with van der Waals surface area (Å²) in [5.74, 6) is 2.47. The first-order valence-corrected chi connectivity index (χ1v) is 12.9. The number of benzene rings is 1. The van der Waals surface area contributed by atoms with Crippen molar-refractivity contribution in [1.29, 1.82) is 0 Å². The molecule has 6 nitrogen and oxygen atoms in total. The normalized spacial score (nSPS) is 34.9. The first-order valence-electron chi connectivity index (χ1n) is 11.4. The van der Waals surface area contributed by atoms with Crippen LogP contribution in [-0.2, 0) is 14.8 Å². The van der Waals surface area contributed by atoms with Crippen LogP contribution in [0.4, 0.5) is 0 Å². The lowest BCUT2D eigenvalue weighted by Gasteiger charge is -2.56. The molecular weight excluding hydrogens is 400 g/mol. The van der Waals surface area contributed by atoms with Crippen molar-refractivity contribution in [3.63, 3.8) is 0 Å². The maximum absolute atomic E-state index is 12.7. The third-order valence-electron chi connectivity index (χ3n) is 7.74. The van der Waals surface area contributed by atoms with Crippen molar-refractivity contribution in [3.05, 3.63) is 29.8 Å². The molecule has 164 valence electrons. The van der Waals surface area contributed by atoms with Gasteiger partial charge >= 0.3 is 0 Å². The molecule has 4 bridgehead atoms. The van der Waals surface area contributed by atoms with Gasteiger partial charge in [0.2, 0.25) is 10.0 Å². The van der Waals surface area contributed by atoms with E-state index in [-0.39, 0.29) is 23.5 Å². The van der Waals surface area contributed by atoms with E-state index in [4.69, 9.17) is 4.74 Å². The van der Waals surface area contributed by atoms with E-state index < -0.39 is 10.0 Å². The standard InChI is InChI=1S/C23H32N2O4S/c26-22(24-15-23-11-16-8-17(12-23)10-18(9-16)13-23)19-3-5-21(6-4-19)30(27,28)25-14-20-2-1-7-29-20/h3-6,16-18,20,25H,1-2,7-15H2,(H,24,26)/t16?,17?,18?,20-,23?/m0/s1. The summed E-state index contributed by atoms with van der Waals surface area (Å²) in [6.45, 7) is 1.73. The Labute approximate surface area is 179 Å². The first-order chi connectivity index (χ1) is 14.4. The second kappa shape index (κ2) is 7.92. The lowest BCUT2D eigenvalue weighted by atomic mass is 9.49. The van der Waals surface area contributed by atoms with Crippen LogP contribution in [0, 0.1) is 23.2 Å². The maximum atomic E-state index is 12.7. The molecule has 1 aliphatic heterocycles. The lowest BCUT2D eigenvalue weighted by Crippen LogP contribution is -2.51. The summed E-state index contributed by atoms with van der Waals surface area (Å²) in [5.41, 5.74) is 0.803. The van der Waals surface area contributed by atoms with Crippen molar-refractivity contribution >= 4 is 15.9 Å². The smallest absolute Gasteiger partial charge is 0.251 e. The van der Waals surface area contributed by atoms with Gasteiger partial charge in [-0.2, -0.15) is 0 Å². The highest BCUT2D eigenvalue weighted by Gasteiger charge is 2.50. The van der Waals surface area contributed by atoms with Crippen LogP contribution in [0.3, 0.4) is 0 Å². The summed E-state index contributed by atoms with van der Waals surface area (Å²) in [7, 11) is -3.59. The van der Waals surface area contributed by atoms with Gasteiger partial charge in [0, 0.05) is 25.3 Å². The van der Waals surface area contributed by atoms with Crippen LogP contribution in [0.15, 0.2) is 29.2 Å². The molecule has 0 aromatic heterocycles. The Balaban J connectivity index is 1.17. The Hall–Kier alpha value is -1.44. The molecule has 1 aromatic rings. The maximum Gasteiger partial charge on any atom is 0.251 e. The Bertz CT molecular complexity index is 855. The molecule has 0 radical (unpaired) electrons. The number of ether oxygens (including phenoxy) is 1. The van der Waals surface area contributed by atoms with Crippen LogP contribution in [0.2, 0.25) is 0 Å². The molecule has 7 heteroatoms. The van der Waals surface area contributed by atoms with Gasteiger partial charge in [0.05, 0.1) is 11.0 Å². The van der Waals surface area contributed by atoms with Crippen molar-refractivity contribution in [1.82, 2.24) is 10.0 Å². The van der Waals surface area contributed by atoms with E-state index in [9.17, 15) is 13.2 Å². The molecular formula is C23H32N2O4S. The minimum atomic E-state index is -3.59. The summed E-state index contributed by atoms with van der Waals surface area (Å²) < 4.78 is 33.1. The molecule has 1 amide bonds. The van der Waals surface area contributed by atoms with Crippen LogP contribution >= 0.6 is 0 Å². The quantitative estimate of drug-likeness (QED) is 0.693. The first kappa shape index (κ1) is 20.5. The molecule has 4 saturated carbocycles.